The molecule has 1 heterocycles. The van der Waals surface area contributed by atoms with Crippen LogP contribution in [0.15, 0.2) is 18.2 Å². The van der Waals surface area contributed by atoms with Crippen LogP contribution in [0.4, 0.5) is 0 Å². The first-order valence-corrected chi connectivity index (χ1v) is 8.62. The Morgan fingerprint density at radius 1 is 1.26 bits per heavy atom. The van der Waals surface area contributed by atoms with E-state index in [2.05, 4.69) is 5.32 Å². The van der Waals surface area contributed by atoms with E-state index in [4.69, 9.17) is 15.2 Å². The maximum absolute atomic E-state index is 12.5. The van der Waals surface area contributed by atoms with E-state index < -0.39 is 6.04 Å². The lowest BCUT2D eigenvalue weighted by atomic mass is 9.87. The molecule has 5 heteroatoms. The number of nitrogens with two attached hydrogens (primary N) is 1. The molecule has 0 spiro atoms. The molecule has 1 fully saturated rings. The van der Waals surface area contributed by atoms with Gasteiger partial charge in [0.2, 0.25) is 5.91 Å². The van der Waals surface area contributed by atoms with E-state index in [1.54, 1.807) is 0 Å². The van der Waals surface area contributed by atoms with Gasteiger partial charge in [0.15, 0.2) is 11.5 Å². The Kier molecular flexibility index (Phi) is 4.76. The Hall–Kier alpha value is -1.75. The van der Waals surface area contributed by atoms with Gasteiger partial charge in [-0.2, -0.15) is 0 Å². The summed E-state index contributed by atoms with van der Waals surface area (Å²) in [6.07, 6.45) is 5.72. The third-order valence-corrected chi connectivity index (χ3v) is 4.85. The summed E-state index contributed by atoms with van der Waals surface area (Å²) in [4.78, 5) is 12.5. The lowest BCUT2D eigenvalue weighted by molar-refractivity contribution is -0.124. The van der Waals surface area contributed by atoms with Crippen LogP contribution in [0, 0.1) is 0 Å². The van der Waals surface area contributed by atoms with E-state index >= 15 is 0 Å². The highest BCUT2D eigenvalue weighted by molar-refractivity contribution is 5.82. The van der Waals surface area contributed by atoms with Gasteiger partial charge in [-0.15, -0.1) is 0 Å². The highest BCUT2D eigenvalue weighted by Crippen LogP contribution is 2.42. The van der Waals surface area contributed by atoms with Gasteiger partial charge in [-0.3, -0.25) is 4.79 Å². The molecule has 23 heavy (non-hydrogen) atoms. The van der Waals surface area contributed by atoms with E-state index in [0.29, 0.717) is 19.6 Å². The number of benzene rings is 1. The van der Waals surface area contributed by atoms with E-state index in [1.807, 2.05) is 25.1 Å². The molecule has 1 aromatic rings. The minimum absolute atomic E-state index is 0.0522. The fraction of sp³-hybridized carbons (Fsp3) is 0.611. The first kappa shape index (κ1) is 16.1. The zero-order valence-corrected chi connectivity index (χ0v) is 13.8. The fourth-order valence-electron chi connectivity index (χ4n) is 3.58. The number of nitrogens with one attached hydrogen (secondary N) is 1. The molecule has 3 rings (SSSR count). The first-order chi connectivity index (χ1) is 11.1. The van der Waals surface area contributed by atoms with Crippen molar-refractivity contribution in [2.45, 2.75) is 57.0 Å². The van der Waals surface area contributed by atoms with Gasteiger partial charge in [-0.25, -0.2) is 0 Å². The summed E-state index contributed by atoms with van der Waals surface area (Å²) < 4.78 is 11.3. The molecule has 2 aliphatic rings. The van der Waals surface area contributed by atoms with E-state index in [-0.39, 0.29) is 11.4 Å². The van der Waals surface area contributed by atoms with Crippen LogP contribution in [-0.2, 0) is 10.3 Å². The van der Waals surface area contributed by atoms with Crippen molar-refractivity contribution < 1.29 is 14.3 Å². The molecule has 1 aromatic carbocycles. The van der Waals surface area contributed by atoms with Gasteiger partial charge in [0.1, 0.15) is 13.2 Å². The molecule has 1 atom stereocenters. The van der Waals surface area contributed by atoms with Crippen molar-refractivity contribution in [3.63, 3.8) is 0 Å². The number of carbonyl (C=O) groups is 1. The predicted octanol–water partition coefficient (Wildman–Crippen LogP) is 2.47. The summed E-state index contributed by atoms with van der Waals surface area (Å²) in [5, 5.41) is 3.24. The third-order valence-electron chi connectivity index (χ3n) is 4.85. The average molecular weight is 318 g/mol. The normalized spacial score (nSPS) is 20.1. The largest absolute Gasteiger partial charge is 0.486 e. The second-order valence-electron chi connectivity index (χ2n) is 6.53. The Morgan fingerprint density at radius 2 is 1.96 bits per heavy atom. The van der Waals surface area contributed by atoms with Crippen molar-refractivity contribution >= 4 is 5.91 Å². The standard InChI is InChI=1S/C18H26N2O3/c1-2-5-14(19)17(21)20-18(8-3-4-9-18)13-6-7-15-16(12-13)23-11-10-22-15/h6-7,12,14H,2-5,8-11,19H2,1H3,(H,20,21). The van der Waals surface area contributed by atoms with Gasteiger partial charge in [0.25, 0.3) is 0 Å². The minimum atomic E-state index is -0.435. The summed E-state index contributed by atoms with van der Waals surface area (Å²) in [5.74, 6) is 1.50. The van der Waals surface area contributed by atoms with Crippen LogP contribution >= 0.6 is 0 Å². The maximum Gasteiger partial charge on any atom is 0.237 e. The molecule has 0 radical (unpaired) electrons. The lowest BCUT2D eigenvalue weighted by Crippen LogP contribution is -2.50. The van der Waals surface area contributed by atoms with Gasteiger partial charge in [-0.1, -0.05) is 32.3 Å². The number of ether oxygens (including phenoxy) is 2. The molecule has 0 saturated heterocycles. The number of carbonyl (C=O) groups excluding carboxylic acids is 1. The van der Waals surface area contributed by atoms with Crippen LogP contribution in [0.25, 0.3) is 0 Å². The van der Waals surface area contributed by atoms with Crippen molar-refractivity contribution in [3.8, 4) is 11.5 Å². The second kappa shape index (κ2) is 6.79. The maximum atomic E-state index is 12.5. The summed E-state index contributed by atoms with van der Waals surface area (Å²) in [6.45, 7) is 3.19. The summed E-state index contributed by atoms with van der Waals surface area (Å²) in [6, 6.07) is 5.58. The SMILES string of the molecule is CCCC(N)C(=O)NC1(c2ccc3c(c2)OCCO3)CCCC1. The first-order valence-electron chi connectivity index (χ1n) is 8.62. The third kappa shape index (κ3) is 3.29. The smallest absolute Gasteiger partial charge is 0.237 e. The Labute approximate surface area is 137 Å². The fourth-order valence-corrected chi connectivity index (χ4v) is 3.58. The van der Waals surface area contributed by atoms with Crippen molar-refractivity contribution in [3.05, 3.63) is 23.8 Å². The monoisotopic (exact) mass is 318 g/mol. The molecule has 1 saturated carbocycles. The molecule has 1 amide bonds. The molecule has 1 aliphatic carbocycles. The molecule has 0 bridgehead atoms. The number of rotatable bonds is 5. The topological polar surface area (TPSA) is 73.6 Å². The molecule has 1 unspecified atom stereocenters. The molecule has 126 valence electrons. The molecular formula is C18H26N2O3. The zero-order valence-electron chi connectivity index (χ0n) is 13.8. The Bertz CT molecular complexity index is 567. The quantitative estimate of drug-likeness (QED) is 0.874. The number of amides is 1. The molecule has 3 N–H and O–H groups in total. The van der Waals surface area contributed by atoms with E-state index in [9.17, 15) is 4.79 Å². The van der Waals surface area contributed by atoms with E-state index in [1.165, 1.54) is 0 Å². The minimum Gasteiger partial charge on any atom is -0.486 e. The van der Waals surface area contributed by atoms with Gasteiger partial charge >= 0.3 is 0 Å². The van der Waals surface area contributed by atoms with Gasteiger partial charge in [0, 0.05) is 0 Å². The molecular weight excluding hydrogens is 292 g/mol. The average Bonchev–Trinajstić information content (AvgIpc) is 3.04. The van der Waals surface area contributed by atoms with Crippen molar-refractivity contribution in [2.24, 2.45) is 5.73 Å². The highest BCUT2D eigenvalue weighted by atomic mass is 16.6. The van der Waals surface area contributed by atoms with Crippen LogP contribution in [-0.4, -0.2) is 25.2 Å². The van der Waals surface area contributed by atoms with Crippen LogP contribution in [0.3, 0.4) is 0 Å². The van der Waals surface area contributed by atoms with Crippen LogP contribution in [0.2, 0.25) is 0 Å². The van der Waals surface area contributed by atoms with Gasteiger partial charge < -0.3 is 20.5 Å². The van der Waals surface area contributed by atoms with Crippen molar-refractivity contribution in [1.29, 1.82) is 0 Å². The van der Waals surface area contributed by atoms with Gasteiger partial charge in [-0.05, 0) is 37.0 Å². The summed E-state index contributed by atoms with van der Waals surface area (Å²) in [7, 11) is 0. The number of hydrogen-bond acceptors (Lipinski definition) is 4. The number of hydrogen-bond donors (Lipinski definition) is 2. The number of fused-ring (bicyclic) bond motifs is 1. The van der Waals surface area contributed by atoms with Crippen LogP contribution < -0.4 is 20.5 Å². The summed E-state index contributed by atoms with van der Waals surface area (Å²) in [5.41, 5.74) is 6.77. The molecule has 1 aliphatic heterocycles. The summed E-state index contributed by atoms with van der Waals surface area (Å²) >= 11 is 0. The van der Waals surface area contributed by atoms with Crippen LogP contribution in [0.5, 0.6) is 11.5 Å². The van der Waals surface area contributed by atoms with E-state index in [0.717, 1.165) is 49.2 Å². The predicted molar refractivity (Wildman–Crippen MR) is 88.6 cm³/mol. The van der Waals surface area contributed by atoms with Crippen molar-refractivity contribution in [2.75, 3.05) is 13.2 Å². The second-order valence-corrected chi connectivity index (χ2v) is 6.53. The highest BCUT2D eigenvalue weighted by Gasteiger charge is 2.38. The lowest BCUT2D eigenvalue weighted by Gasteiger charge is -2.33. The van der Waals surface area contributed by atoms with Gasteiger partial charge in [0.05, 0.1) is 11.6 Å². The Morgan fingerprint density at radius 3 is 2.65 bits per heavy atom. The van der Waals surface area contributed by atoms with Crippen molar-refractivity contribution in [1.82, 2.24) is 5.32 Å². The molecule has 5 nitrogen and oxygen atoms in total. The zero-order chi connectivity index (χ0) is 16.3. The van der Waals surface area contributed by atoms with Crippen LogP contribution in [0.1, 0.15) is 51.0 Å². The molecule has 0 aromatic heterocycles. The Balaban J connectivity index is 1.84.